The third-order valence-corrected chi connectivity index (χ3v) is 2.88. The lowest BCUT2D eigenvalue weighted by Crippen LogP contribution is -2.23. The van der Waals surface area contributed by atoms with Crippen LogP contribution in [0, 0.1) is 0 Å². The zero-order valence-electron chi connectivity index (χ0n) is 8.07. The molecule has 15 heavy (non-hydrogen) atoms. The fourth-order valence-corrected chi connectivity index (χ4v) is 2.15. The molecule has 2 rings (SSSR count). The fourth-order valence-electron chi connectivity index (χ4n) is 1.90. The summed E-state index contributed by atoms with van der Waals surface area (Å²) in [5.41, 5.74) is 2.78. The van der Waals surface area contributed by atoms with Gasteiger partial charge in [0.15, 0.2) is 6.10 Å². The standard InChI is InChI=1S/C11H11ClO3/c12-6-7-2-1-3-9-8(7)4-5-15-10(9)11(13)14/h1-3,10H,4-6H2,(H,13,14)/t10-/m1/s1. The van der Waals surface area contributed by atoms with Crippen LogP contribution in [0.3, 0.4) is 0 Å². The van der Waals surface area contributed by atoms with E-state index in [1.165, 1.54) is 0 Å². The Hall–Kier alpha value is -1.06. The maximum Gasteiger partial charge on any atom is 0.337 e. The highest BCUT2D eigenvalue weighted by molar-refractivity contribution is 6.17. The molecule has 1 aromatic carbocycles. The minimum absolute atomic E-state index is 0.412. The van der Waals surface area contributed by atoms with E-state index in [1.807, 2.05) is 12.1 Å². The quantitative estimate of drug-likeness (QED) is 0.786. The maximum atomic E-state index is 11.0. The van der Waals surface area contributed by atoms with Gasteiger partial charge in [-0.15, -0.1) is 11.6 Å². The van der Waals surface area contributed by atoms with E-state index in [4.69, 9.17) is 21.4 Å². The summed E-state index contributed by atoms with van der Waals surface area (Å²) in [6.45, 7) is 0.442. The van der Waals surface area contributed by atoms with Crippen molar-refractivity contribution >= 4 is 17.6 Å². The second-order valence-corrected chi connectivity index (χ2v) is 3.72. The number of benzene rings is 1. The summed E-state index contributed by atoms with van der Waals surface area (Å²) in [6, 6.07) is 5.54. The fraction of sp³-hybridized carbons (Fsp3) is 0.364. The molecule has 0 fully saturated rings. The molecule has 3 nitrogen and oxygen atoms in total. The van der Waals surface area contributed by atoms with Gasteiger partial charge >= 0.3 is 5.97 Å². The second kappa shape index (κ2) is 4.21. The van der Waals surface area contributed by atoms with E-state index in [-0.39, 0.29) is 0 Å². The molecule has 0 aromatic heterocycles. The lowest BCUT2D eigenvalue weighted by Gasteiger charge is -2.24. The monoisotopic (exact) mass is 226 g/mol. The second-order valence-electron chi connectivity index (χ2n) is 3.46. The number of hydrogen-bond acceptors (Lipinski definition) is 2. The molecule has 1 N–H and O–H groups in total. The average molecular weight is 227 g/mol. The van der Waals surface area contributed by atoms with Gasteiger partial charge in [-0.25, -0.2) is 4.79 Å². The number of alkyl halides is 1. The number of carboxylic acid groups (broad SMARTS) is 1. The lowest BCUT2D eigenvalue weighted by molar-refractivity contribution is -0.151. The number of fused-ring (bicyclic) bond motifs is 1. The molecule has 0 aliphatic carbocycles. The molecule has 1 heterocycles. The van der Waals surface area contributed by atoms with Crippen molar-refractivity contribution in [3.8, 4) is 0 Å². The van der Waals surface area contributed by atoms with Gasteiger partial charge in [-0.3, -0.25) is 0 Å². The molecule has 0 spiro atoms. The van der Waals surface area contributed by atoms with Crippen LogP contribution in [-0.2, 0) is 21.8 Å². The molecule has 0 radical (unpaired) electrons. The van der Waals surface area contributed by atoms with Crippen molar-refractivity contribution in [2.75, 3.05) is 6.61 Å². The first-order chi connectivity index (χ1) is 7.24. The van der Waals surface area contributed by atoms with Crippen LogP contribution in [0.1, 0.15) is 22.8 Å². The molecule has 4 heteroatoms. The molecule has 0 unspecified atom stereocenters. The van der Waals surface area contributed by atoms with Gasteiger partial charge in [-0.1, -0.05) is 18.2 Å². The molecule has 1 aliphatic heterocycles. The topological polar surface area (TPSA) is 46.5 Å². The van der Waals surface area contributed by atoms with Gasteiger partial charge in [-0.05, 0) is 23.1 Å². The van der Waals surface area contributed by atoms with E-state index in [0.29, 0.717) is 12.5 Å². The molecule has 0 amide bonds. The predicted octanol–water partition coefficient (Wildman–Crippen LogP) is 2.12. The van der Waals surface area contributed by atoms with Gasteiger partial charge in [0.1, 0.15) is 0 Å². The third-order valence-electron chi connectivity index (χ3n) is 2.60. The van der Waals surface area contributed by atoms with Crippen LogP contribution in [0.5, 0.6) is 0 Å². The summed E-state index contributed by atoms with van der Waals surface area (Å²) in [5.74, 6) is -0.530. The number of carboxylic acids is 1. The SMILES string of the molecule is O=C(O)[C@@H]1OCCc2c(CCl)cccc21. The Balaban J connectivity index is 2.48. The summed E-state index contributed by atoms with van der Waals surface area (Å²) < 4.78 is 5.22. The van der Waals surface area contributed by atoms with E-state index < -0.39 is 12.1 Å². The molecule has 1 aromatic rings. The van der Waals surface area contributed by atoms with Crippen LogP contribution in [-0.4, -0.2) is 17.7 Å². The summed E-state index contributed by atoms with van der Waals surface area (Å²) in [7, 11) is 0. The first-order valence-electron chi connectivity index (χ1n) is 4.75. The first-order valence-corrected chi connectivity index (χ1v) is 5.28. The number of rotatable bonds is 2. The molecule has 1 atom stereocenters. The molecular weight excluding hydrogens is 216 g/mol. The van der Waals surface area contributed by atoms with E-state index >= 15 is 0 Å². The Labute approximate surface area is 92.6 Å². The van der Waals surface area contributed by atoms with Crippen LogP contribution < -0.4 is 0 Å². The number of ether oxygens (including phenoxy) is 1. The molecular formula is C11H11ClO3. The van der Waals surface area contributed by atoms with E-state index in [1.54, 1.807) is 6.07 Å². The van der Waals surface area contributed by atoms with Gasteiger partial charge in [0.05, 0.1) is 6.61 Å². The minimum Gasteiger partial charge on any atom is -0.479 e. The Bertz CT molecular complexity index is 389. The highest BCUT2D eigenvalue weighted by atomic mass is 35.5. The average Bonchev–Trinajstić information content (AvgIpc) is 2.27. The Kier molecular flexibility index (Phi) is 2.93. The summed E-state index contributed by atoms with van der Waals surface area (Å²) in [5, 5.41) is 8.99. The van der Waals surface area contributed by atoms with Gasteiger partial charge in [-0.2, -0.15) is 0 Å². The van der Waals surface area contributed by atoms with Crippen molar-refractivity contribution in [1.29, 1.82) is 0 Å². The van der Waals surface area contributed by atoms with E-state index in [0.717, 1.165) is 23.1 Å². The zero-order chi connectivity index (χ0) is 10.8. The Morgan fingerprint density at radius 2 is 2.40 bits per heavy atom. The van der Waals surface area contributed by atoms with Gasteiger partial charge in [0.2, 0.25) is 0 Å². The predicted molar refractivity (Wildman–Crippen MR) is 56.0 cm³/mol. The van der Waals surface area contributed by atoms with Crippen LogP contribution >= 0.6 is 11.6 Å². The van der Waals surface area contributed by atoms with Gasteiger partial charge in [0.25, 0.3) is 0 Å². The third kappa shape index (κ3) is 1.85. The van der Waals surface area contributed by atoms with Crippen molar-refractivity contribution in [1.82, 2.24) is 0 Å². The Morgan fingerprint density at radius 3 is 3.07 bits per heavy atom. The zero-order valence-corrected chi connectivity index (χ0v) is 8.83. The van der Waals surface area contributed by atoms with E-state index in [9.17, 15) is 4.79 Å². The molecule has 0 bridgehead atoms. The number of halogens is 1. The first kappa shape index (κ1) is 10.5. The largest absolute Gasteiger partial charge is 0.479 e. The van der Waals surface area contributed by atoms with Crippen LogP contribution in [0.4, 0.5) is 0 Å². The van der Waals surface area contributed by atoms with Crippen molar-refractivity contribution in [2.24, 2.45) is 0 Å². The summed E-state index contributed by atoms with van der Waals surface area (Å²) in [6.07, 6.45) is -0.0981. The molecule has 0 saturated carbocycles. The van der Waals surface area contributed by atoms with Crippen LogP contribution in [0.2, 0.25) is 0 Å². The smallest absolute Gasteiger partial charge is 0.337 e. The minimum atomic E-state index is -0.942. The number of hydrogen-bond donors (Lipinski definition) is 1. The van der Waals surface area contributed by atoms with Crippen molar-refractivity contribution < 1.29 is 14.6 Å². The lowest BCUT2D eigenvalue weighted by atomic mass is 9.93. The van der Waals surface area contributed by atoms with Gasteiger partial charge in [0, 0.05) is 5.88 Å². The highest BCUT2D eigenvalue weighted by Gasteiger charge is 2.27. The number of carbonyl (C=O) groups is 1. The highest BCUT2D eigenvalue weighted by Crippen LogP contribution is 2.30. The Morgan fingerprint density at radius 1 is 1.60 bits per heavy atom. The summed E-state index contributed by atoms with van der Waals surface area (Å²) >= 11 is 5.80. The van der Waals surface area contributed by atoms with E-state index in [2.05, 4.69) is 0 Å². The summed E-state index contributed by atoms with van der Waals surface area (Å²) in [4.78, 5) is 11.0. The molecule has 1 aliphatic rings. The number of aliphatic carboxylic acids is 1. The van der Waals surface area contributed by atoms with Crippen molar-refractivity contribution in [2.45, 2.75) is 18.4 Å². The van der Waals surface area contributed by atoms with Crippen molar-refractivity contribution in [3.63, 3.8) is 0 Å². The maximum absolute atomic E-state index is 11.0. The van der Waals surface area contributed by atoms with Gasteiger partial charge < -0.3 is 9.84 Å². The van der Waals surface area contributed by atoms with Crippen LogP contribution in [0.15, 0.2) is 18.2 Å². The molecule has 0 saturated heterocycles. The molecule has 80 valence electrons. The normalized spacial score (nSPS) is 19.7. The van der Waals surface area contributed by atoms with Crippen LogP contribution in [0.25, 0.3) is 0 Å². The van der Waals surface area contributed by atoms with Crippen molar-refractivity contribution in [3.05, 3.63) is 34.9 Å².